The molecule has 0 saturated heterocycles. The largest absolute Gasteiger partial charge is 0.384 e. The molecule has 0 heterocycles. The molecule has 4 heteroatoms. The minimum Gasteiger partial charge on any atom is -0.384 e. The van der Waals surface area contributed by atoms with Gasteiger partial charge in [0.1, 0.15) is 12.4 Å². The molecule has 0 aromatic heterocycles. The van der Waals surface area contributed by atoms with Crippen LogP contribution < -0.4 is 0 Å². The first-order valence-electron chi connectivity index (χ1n) is 6.39. The number of hydrogen-bond acceptors (Lipinski definition) is 2. The van der Waals surface area contributed by atoms with Gasteiger partial charge >= 0.3 is 0 Å². The molecule has 0 aliphatic carbocycles. The predicted octanol–water partition coefficient (Wildman–Crippen LogP) is 3.54. The number of benzene rings is 2. The molecule has 0 amide bonds. The van der Waals surface area contributed by atoms with Crippen molar-refractivity contribution >= 4 is 11.6 Å². The Balaban J connectivity index is 1.98. The van der Waals surface area contributed by atoms with Gasteiger partial charge in [0.2, 0.25) is 0 Å². The Kier molecular flexibility index (Phi) is 5.77. The summed E-state index contributed by atoms with van der Waals surface area (Å²) < 4.78 is 19.0. The molecule has 0 bridgehead atoms. The Morgan fingerprint density at radius 1 is 1.10 bits per heavy atom. The monoisotopic (exact) mass is 304 g/mol. The van der Waals surface area contributed by atoms with Crippen molar-refractivity contribution in [2.75, 3.05) is 6.61 Å². The van der Waals surface area contributed by atoms with Crippen LogP contribution in [-0.4, -0.2) is 11.7 Å². The molecule has 108 valence electrons. The zero-order valence-electron chi connectivity index (χ0n) is 11.3. The van der Waals surface area contributed by atoms with E-state index in [0.29, 0.717) is 22.8 Å². The van der Waals surface area contributed by atoms with Gasteiger partial charge in [-0.15, -0.1) is 0 Å². The van der Waals surface area contributed by atoms with E-state index in [1.54, 1.807) is 12.1 Å². The van der Waals surface area contributed by atoms with Gasteiger partial charge in [0.05, 0.1) is 13.2 Å². The highest BCUT2D eigenvalue weighted by molar-refractivity contribution is 6.30. The lowest BCUT2D eigenvalue weighted by molar-refractivity contribution is 0.107. The molecule has 2 aromatic carbocycles. The van der Waals surface area contributed by atoms with Crippen molar-refractivity contribution in [3.8, 4) is 11.8 Å². The van der Waals surface area contributed by atoms with Crippen molar-refractivity contribution in [3.63, 3.8) is 0 Å². The van der Waals surface area contributed by atoms with Gasteiger partial charge in [0.25, 0.3) is 0 Å². The molecular weight excluding hydrogens is 291 g/mol. The summed E-state index contributed by atoms with van der Waals surface area (Å²) in [7, 11) is 0. The van der Waals surface area contributed by atoms with E-state index >= 15 is 0 Å². The molecular formula is C17H14ClFO2. The SMILES string of the molecule is OCC#Cc1cc(F)cc(COCc2cccc(Cl)c2)c1. The van der Waals surface area contributed by atoms with E-state index < -0.39 is 0 Å². The normalized spacial score (nSPS) is 10.0. The smallest absolute Gasteiger partial charge is 0.124 e. The van der Waals surface area contributed by atoms with E-state index in [1.807, 2.05) is 18.2 Å². The quantitative estimate of drug-likeness (QED) is 0.876. The minimum atomic E-state index is -0.374. The van der Waals surface area contributed by atoms with Gasteiger partial charge in [-0.1, -0.05) is 35.6 Å². The number of aliphatic hydroxyl groups excluding tert-OH is 1. The number of rotatable bonds is 4. The second-order valence-electron chi connectivity index (χ2n) is 4.43. The Hall–Kier alpha value is -1.86. The number of hydrogen-bond donors (Lipinski definition) is 1. The van der Waals surface area contributed by atoms with Crippen LogP contribution in [0.2, 0.25) is 5.02 Å². The Morgan fingerprint density at radius 3 is 2.67 bits per heavy atom. The molecule has 0 aliphatic rings. The third-order valence-electron chi connectivity index (χ3n) is 2.70. The third kappa shape index (κ3) is 5.20. The van der Waals surface area contributed by atoms with Crippen LogP contribution in [0.1, 0.15) is 16.7 Å². The summed E-state index contributed by atoms with van der Waals surface area (Å²) in [5.41, 5.74) is 2.17. The number of ether oxygens (including phenoxy) is 1. The molecule has 0 aliphatic heterocycles. The lowest BCUT2D eigenvalue weighted by Crippen LogP contribution is -1.96. The summed E-state index contributed by atoms with van der Waals surface area (Å²) in [5, 5.41) is 9.31. The summed E-state index contributed by atoms with van der Waals surface area (Å²) in [6.45, 7) is 0.421. The number of halogens is 2. The average molecular weight is 305 g/mol. The first kappa shape index (κ1) is 15.5. The van der Waals surface area contributed by atoms with Crippen molar-refractivity contribution < 1.29 is 14.2 Å². The fraction of sp³-hybridized carbons (Fsp3) is 0.176. The topological polar surface area (TPSA) is 29.5 Å². The minimum absolute atomic E-state index is 0.253. The Bertz CT molecular complexity index is 674. The molecule has 1 N–H and O–H groups in total. The molecule has 0 radical (unpaired) electrons. The van der Waals surface area contributed by atoms with Crippen molar-refractivity contribution in [1.82, 2.24) is 0 Å². The molecule has 0 saturated carbocycles. The maximum Gasteiger partial charge on any atom is 0.124 e. The maximum atomic E-state index is 13.5. The Morgan fingerprint density at radius 2 is 1.90 bits per heavy atom. The third-order valence-corrected chi connectivity index (χ3v) is 2.93. The van der Waals surface area contributed by atoms with Crippen molar-refractivity contribution in [1.29, 1.82) is 0 Å². The van der Waals surface area contributed by atoms with Crippen LogP contribution in [0.15, 0.2) is 42.5 Å². The average Bonchev–Trinajstić information content (AvgIpc) is 2.45. The van der Waals surface area contributed by atoms with Crippen LogP contribution in [0.4, 0.5) is 4.39 Å². The van der Waals surface area contributed by atoms with E-state index in [-0.39, 0.29) is 19.0 Å². The van der Waals surface area contributed by atoms with E-state index in [2.05, 4.69) is 11.8 Å². The van der Waals surface area contributed by atoms with Crippen LogP contribution in [0.25, 0.3) is 0 Å². The summed E-state index contributed by atoms with van der Waals surface area (Å²) >= 11 is 5.89. The van der Waals surface area contributed by atoms with Gasteiger partial charge in [0, 0.05) is 10.6 Å². The molecule has 2 rings (SSSR count). The van der Waals surface area contributed by atoms with Crippen LogP contribution in [0.3, 0.4) is 0 Å². The van der Waals surface area contributed by atoms with Gasteiger partial charge in [-0.3, -0.25) is 0 Å². The van der Waals surface area contributed by atoms with Gasteiger partial charge in [0.15, 0.2) is 0 Å². The maximum absolute atomic E-state index is 13.5. The standard InChI is InChI=1S/C17H14ClFO2/c18-16-5-1-3-14(8-16)11-21-12-15-7-13(4-2-6-20)9-17(19)10-15/h1,3,5,7-10,20H,6,11-12H2. The van der Waals surface area contributed by atoms with Crippen molar-refractivity contribution in [2.45, 2.75) is 13.2 Å². The summed E-state index contributed by atoms with van der Waals surface area (Å²) in [6, 6.07) is 11.9. The summed E-state index contributed by atoms with van der Waals surface area (Å²) in [6.07, 6.45) is 0. The number of aliphatic hydroxyl groups is 1. The van der Waals surface area contributed by atoms with Crippen LogP contribution in [0.5, 0.6) is 0 Å². The van der Waals surface area contributed by atoms with E-state index in [0.717, 1.165) is 5.56 Å². The zero-order valence-corrected chi connectivity index (χ0v) is 12.0. The van der Waals surface area contributed by atoms with Crippen LogP contribution >= 0.6 is 11.6 Å². The lowest BCUT2D eigenvalue weighted by atomic mass is 10.1. The summed E-state index contributed by atoms with van der Waals surface area (Å²) in [4.78, 5) is 0. The fourth-order valence-electron chi connectivity index (χ4n) is 1.86. The fourth-order valence-corrected chi connectivity index (χ4v) is 2.07. The van der Waals surface area contributed by atoms with E-state index in [4.69, 9.17) is 21.4 Å². The second-order valence-corrected chi connectivity index (χ2v) is 4.87. The molecule has 2 aromatic rings. The van der Waals surface area contributed by atoms with Gasteiger partial charge in [-0.25, -0.2) is 4.39 Å². The van der Waals surface area contributed by atoms with E-state index in [1.165, 1.54) is 12.1 Å². The molecule has 2 nitrogen and oxygen atoms in total. The van der Waals surface area contributed by atoms with Gasteiger partial charge < -0.3 is 9.84 Å². The molecule has 0 unspecified atom stereocenters. The first-order valence-corrected chi connectivity index (χ1v) is 6.76. The van der Waals surface area contributed by atoms with Crippen molar-refractivity contribution in [2.24, 2.45) is 0 Å². The highest BCUT2D eigenvalue weighted by Crippen LogP contribution is 2.14. The predicted molar refractivity (Wildman–Crippen MR) is 80.3 cm³/mol. The van der Waals surface area contributed by atoms with Crippen LogP contribution in [0, 0.1) is 17.7 Å². The molecule has 21 heavy (non-hydrogen) atoms. The Labute approximate surface area is 128 Å². The second kappa shape index (κ2) is 7.80. The van der Waals surface area contributed by atoms with E-state index in [9.17, 15) is 4.39 Å². The van der Waals surface area contributed by atoms with Crippen LogP contribution in [-0.2, 0) is 18.0 Å². The van der Waals surface area contributed by atoms with Gasteiger partial charge in [-0.2, -0.15) is 0 Å². The molecule has 0 spiro atoms. The zero-order chi connectivity index (χ0) is 15.1. The van der Waals surface area contributed by atoms with Crippen molar-refractivity contribution in [3.05, 3.63) is 70.0 Å². The highest BCUT2D eigenvalue weighted by atomic mass is 35.5. The molecule has 0 fully saturated rings. The molecule has 0 atom stereocenters. The highest BCUT2D eigenvalue weighted by Gasteiger charge is 2.01. The summed E-state index contributed by atoms with van der Waals surface area (Å²) in [5.74, 6) is 4.79. The van der Waals surface area contributed by atoms with Gasteiger partial charge in [-0.05, 0) is 41.5 Å². The lowest BCUT2D eigenvalue weighted by Gasteiger charge is -2.06. The first-order chi connectivity index (χ1) is 10.2.